The Labute approximate surface area is 268 Å². The van der Waals surface area contributed by atoms with E-state index in [4.69, 9.17) is 9.47 Å². The van der Waals surface area contributed by atoms with Gasteiger partial charge >= 0.3 is 0 Å². The molecule has 1 saturated heterocycles. The van der Waals surface area contributed by atoms with Crippen LogP contribution in [0.2, 0.25) is 0 Å². The van der Waals surface area contributed by atoms with Crippen LogP contribution in [0.3, 0.4) is 0 Å². The van der Waals surface area contributed by atoms with Crippen LogP contribution in [-0.4, -0.2) is 92.0 Å². The smallest absolute Gasteiger partial charge is 0.187 e. The number of ketones is 1. The maximum atomic E-state index is 14.6. The Bertz CT molecular complexity index is 1190. The standard InChI is InChI=1S/C36H58O9/c1-20(18-37)9-8-15-35(6,43)24-14-16-33(4)25-12-10-21-22(36(25,7)26(39)17-34(24,33)5)11-13-27(32(21,2)3)45-31-30(42)29(41)28(40)23(19-38)44-31/h9-10,22-25,27-31,37-38,40-43H,8,11-19H2,1-7H3/b20-9+/t22-,23-,24+,25+,27+,28-,29+,30-,31+,33+,34-,35?,36+/m1/s1. The van der Waals surface area contributed by atoms with Gasteiger partial charge in [0.15, 0.2) is 6.29 Å². The number of Topliss-reactive ketones (excluding diaryl/α,β-unsaturated/α-hetero) is 1. The maximum Gasteiger partial charge on any atom is 0.187 e. The van der Waals surface area contributed by atoms with Gasteiger partial charge in [-0.1, -0.05) is 57.9 Å². The van der Waals surface area contributed by atoms with Gasteiger partial charge in [0.2, 0.25) is 0 Å². The Morgan fingerprint density at radius 3 is 2.38 bits per heavy atom. The molecule has 0 radical (unpaired) electrons. The van der Waals surface area contributed by atoms with Crippen LogP contribution in [0.25, 0.3) is 0 Å². The largest absolute Gasteiger partial charge is 0.394 e. The summed E-state index contributed by atoms with van der Waals surface area (Å²) in [4.78, 5) is 14.6. The molecule has 3 saturated carbocycles. The number of hydrogen-bond acceptors (Lipinski definition) is 9. The van der Waals surface area contributed by atoms with Crippen molar-refractivity contribution in [2.45, 2.75) is 142 Å². The molecule has 1 unspecified atom stereocenters. The molecule has 13 atom stereocenters. The molecule has 0 amide bonds. The Balaban J connectivity index is 1.40. The molecule has 45 heavy (non-hydrogen) atoms. The van der Waals surface area contributed by atoms with Crippen molar-refractivity contribution >= 4 is 5.78 Å². The molecular weight excluding hydrogens is 576 g/mol. The van der Waals surface area contributed by atoms with E-state index in [0.29, 0.717) is 25.7 Å². The average molecular weight is 635 g/mol. The molecule has 0 aromatic carbocycles. The lowest BCUT2D eigenvalue weighted by atomic mass is 9.38. The number of aliphatic hydroxyl groups excluding tert-OH is 5. The second-order valence-electron chi connectivity index (χ2n) is 16.5. The molecule has 5 aliphatic rings. The van der Waals surface area contributed by atoms with Gasteiger partial charge in [0, 0.05) is 17.3 Å². The fraction of sp³-hybridized carbons (Fsp3) is 0.861. The number of hydrogen-bond donors (Lipinski definition) is 6. The van der Waals surface area contributed by atoms with E-state index in [2.05, 4.69) is 40.7 Å². The molecule has 0 bridgehead atoms. The summed E-state index contributed by atoms with van der Waals surface area (Å²) in [6.07, 6.45) is 3.03. The number of rotatable bonds is 8. The zero-order valence-corrected chi connectivity index (χ0v) is 28.3. The summed E-state index contributed by atoms with van der Waals surface area (Å²) in [6.45, 7) is 14.4. The van der Waals surface area contributed by atoms with Crippen LogP contribution in [0.4, 0.5) is 0 Å². The van der Waals surface area contributed by atoms with E-state index in [1.165, 1.54) is 5.57 Å². The second kappa shape index (κ2) is 12.1. The van der Waals surface area contributed by atoms with E-state index in [0.717, 1.165) is 31.3 Å². The van der Waals surface area contributed by atoms with Crippen molar-refractivity contribution in [3.63, 3.8) is 0 Å². The molecule has 1 heterocycles. The van der Waals surface area contributed by atoms with Crippen LogP contribution >= 0.6 is 0 Å². The summed E-state index contributed by atoms with van der Waals surface area (Å²) >= 11 is 0. The highest BCUT2D eigenvalue weighted by atomic mass is 16.7. The molecule has 6 N–H and O–H groups in total. The van der Waals surface area contributed by atoms with Crippen molar-refractivity contribution in [2.75, 3.05) is 13.2 Å². The van der Waals surface area contributed by atoms with Crippen molar-refractivity contribution < 1.29 is 44.9 Å². The van der Waals surface area contributed by atoms with Gasteiger partial charge in [-0.25, -0.2) is 0 Å². The van der Waals surface area contributed by atoms with E-state index in [1.807, 2.05) is 19.9 Å². The summed E-state index contributed by atoms with van der Waals surface area (Å²) in [6, 6.07) is 0. The highest BCUT2D eigenvalue weighted by Gasteiger charge is 2.71. The molecule has 4 fully saturated rings. The van der Waals surface area contributed by atoms with Crippen LogP contribution < -0.4 is 0 Å². The third kappa shape index (κ3) is 5.32. The van der Waals surface area contributed by atoms with Crippen LogP contribution in [0.15, 0.2) is 23.3 Å². The monoisotopic (exact) mass is 634 g/mol. The van der Waals surface area contributed by atoms with Crippen molar-refractivity contribution in [3.05, 3.63) is 23.3 Å². The van der Waals surface area contributed by atoms with E-state index in [-0.39, 0.29) is 47.1 Å². The molecular formula is C36H58O9. The van der Waals surface area contributed by atoms with Gasteiger partial charge in [0.1, 0.15) is 30.2 Å². The fourth-order valence-corrected chi connectivity index (χ4v) is 10.8. The minimum Gasteiger partial charge on any atom is -0.394 e. The highest BCUT2D eigenvalue weighted by molar-refractivity contribution is 5.88. The van der Waals surface area contributed by atoms with Crippen molar-refractivity contribution in [1.82, 2.24) is 0 Å². The third-order valence-electron chi connectivity index (χ3n) is 13.9. The van der Waals surface area contributed by atoms with Gasteiger partial charge in [-0.15, -0.1) is 0 Å². The van der Waals surface area contributed by atoms with Crippen molar-refractivity contribution in [1.29, 1.82) is 0 Å². The minimum absolute atomic E-state index is 0.00387. The molecule has 256 valence electrons. The number of carbonyl (C=O) groups is 1. The first-order valence-corrected chi connectivity index (χ1v) is 17.1. The lowest BCUT2D eigenvalue weighted by Gasteiger charge is -2.65. The summed E-state index contributed by atoms with van der Waals surface area (Å²) < 4.78 is 12.0. The zero-order chi connectivity index (χ0) is 33.3. The minimum atomic E-state index is -1.50. The Morgan fingerprint density at radius 1 is 1.04 bits per heavy atom. The van der Waals surface area contributed by atoms with E-state index in [1.54, 1.807) is 0 Å². The zero-order valence-electron chi connectivity index (χ0n) is 28.3. The van der Waals surface area contributed by atoms with E-state index < -0.39 is 53.7 Å². The summed E-state index contributed by atoms with van der Waals surface area (Å²) in [5, 5.41) is 62.1. The summed E-state index contributed by atoms with van der Waals surface area (Å²) in [7, 11) is 0. The lowest BCUT2D eigenvalue weighted by molar-refractivity contribution is -0.319. The topological polar surface area (TPSA) is 157 Å². The van der Waals surface area contributed by atoms with Crippen LogP contribution in [0.5, 0.6) is 0 Å². The van der Waals surface area contributed by atoms with Crippen LogP contribution in [0.1, 0.15) is 99.8 Å². The number of fused-ring (bicyclic) bond motifs is 5. The van der Waals surface area contributed by atoms with Crippen molar-refractivity contribution in [3.8, 4) is 0 Å². The number of ether oxygens (including phenoxy) is 2. The third-order valence-corrected chi connectivity index (χ3v) is 13.9. The second-order valence-corrected chi connectivity index (χ2v) is 16.5. The van der Waals surface area contributed by atoms with Gasteiger partial charge in [0.05, 0.1) is 24.9 Å². The van der Waals surface area contributed by atoms with E-state index in [9.17, 15) is 35.4 Å². The van der Waals surface area contributed by atoms with Crippen LogP contribution in [-0.2, 0) is 14.3 Å². The molecule has 9 nitrogen and oxygen atoms in total. The molecule has 0 aromatic rings. The fourth-order valence-electron chi connectivity index (χ4n) is 10.8. The first-order valence-electron chi connectivity index (χ1n) is 17.1. The molecule has 5 rings (SSSR count). The number of carbonyl (C=O) groups excluding carboxylic acids is 1. The summed E-state index contributed by atoms with van der Waals surface area (Å²) in [5.41, 5.74) is -0.335. The van der Waals surface area contributed by atoms with Gasteiger partial charge < -0.3 is 40.1 Å². The predicted octanol–water partition coefficient (Wildman–Crippen LogP) is 3.43. The maximum absolute atomic E-state index is 14.6. The number of allylic oxidation sites excluding steroid dienone is 2. The molecule has 4 aliphatic carbocycles. The molecule has 0 aromatic heterocycles. The average Bonchev–Trinajstić information content (AvgIpc) is 3.25. The quantitative estimate of drug-likeness (QED) is 0.220. The number of aliphatic hydroxyl groups is 6. The van der Waals surface area contributed by atoms with Gasteiger partial charge in [-0.2, -0.15) is 0 Å². The Morgan fingerprint density at radius 2 is 1.73 bits per heavy atom. The highest BCUT2D eigenvalue weighted by Crippen LogP contribution is 2.74. The van der Waals surface area contributed by atoms with E-state index >= 15 is 0 Å². The van der Waals surface area contributed by atoms with Crippen LogP contribution in [0, 0.1) is 39.4 Å². The first-order chi connectivity index (χ1) is 20.9. The molecule has 1 aliphatic heterocycles. The summed E-state index contributed by atoms with van der Waals surface area (Å²) in [5.74, 6) is 0.462. The van der Waals surface area contributed by atoms with Gasteiger partial charge in [-0.3, -0.25) is 4.79 Å². The molecule has 0 spiro atoms. The van der Waals surface area contributed by atoms with Gasteiger partial charge in [0.25, 0.3) is 0 Å². The Kier molecular flexibility index (Phi) is 9.42. The molecule has 9 heteroatoms. The normalized spacial score (nSPS) is 47.8. The SMILES string of the molecule is C/C(=C\CCC(C)(O)[C@H]1CC[C@@]2(C)[C@@H]3CC=C4[C@@H](CC[C@H](O[C@@H]5O[C@H](CO)[C@@H](O)[C@H](O)[C@H]5O)C4(C)C)[C@]3(C)C(=O)C[C@]12C)CO. The first kappa shape index (κ1) is 35.1. The van der Waals surface area contributed by atoms with Crippen molar-refractivity contribution in [2.24, 2.45) is 39.4 Å². The lowest BCUT2D eigenvalue weighted by Crippen LogP contribution is -2.64. The van der Waals surface area contributed by atoms with Gasteiger partial charge in [-0.05, 0) is 87.4 Å². The Hall–Kier alpha value is -1.17. The predicted molar refractivity (Wildman–Crippen MR) is 169 cm³/mol.